The predicted octanol–water partition coefficient (Wildman–Crippen LogP) is 4.54. The van der Waals surface area contributed by atoms with Gasteiger partial charge in [0.15, 0.2) is 0 Å². The van der Waals surface area contributed by atoms with Crippen LogP contribution in [0, 0.1) is 19.8 Å². The summed E-state index contributed by atoms with van der Waals surface area (Å²) in [5.74, 6) is 0.883. The fraction of sp³-hybridized carbons (Fsp3) is 0.407. The molecule has 1 N–H and O–H groups in total. The lowest BCUT2D eigenvalue weighted by Crippen LogP contribution is -2.41. The molecule has 0 aliphatic carbocycles. The zero-order chi connectivity index (χ0) is 24.6. The van der Waals surface area contributed by atoms with Crippen LogP contribution in [-0.4, -0.2) is 41.3 Å². The zero-order valence-corrected chi connectivity index (χ0v) is 21.1. The Morgan fingerprint density at radius 2 is 1.74 bits per heavy atom. The minimum Gasteiger partial charge on any atom is -0.334 e. The topological polar surface area (TPSA) is 84.3 Å². The molecule has 35 heavy (non-hydrogen) atoms. The number of sulfonamides is 1. The third-order valence-corrected chi connectivity index (χ3v) is 9.19. The van der Waals surface area contributed by atoms with Crippen LogP contribution in [0.15, 0.2) is 53.6 Å². The summed E-state index contributed by atoms with van der Waals surface area (Å²) in [5.41, 5.74) is 4.54. The summed E-state index contributed by atoms with van der Waals surface area (Å²) in [6.45, 7) is 5.49. The molecule has 2 aromatic carbocycles. The fourth-order valence-corrected chi connectivity index (χ4v) is 6.78. The van der Waals surface area contributed by atoms with Crippen molar-refractivity contribution >= 4 is 21.6 Å². The number of carbonyl (C=O) groups is 1. The summed E-state index contributed by atoms with van der Waals surface area (Å²) in [6, 6.07) is 13.2. The van der Waals surface area contributed by atoms with Crippen LogP contribution in [0.5, 0.6) is 0 Å². The van der Waals surface area contributed by atoms with Crippen molar-refractivity contribution in [3.8, 4) is 11.3 Å². The number of nitrogens with zero attached hydrogens (tertiary/aromatic N) is 3. The molecule has 1 fully saturated rings. The molecule has 7 nitrogen and oxygen atoms in total. The number of piperidine rings is 1. The molecule has 1 amide bonds. The highest BCUT2D eigenvalue weighted by Crippen LogP contribution is 2.28. The van der Waals surface area contributed by atoms with Crippen LogP contribution in [0.4, 0.5) is 5.69 Å². The maximum Gasteiger partial charge on any atom is 0.243 e. The van der Waals surface area contributed by atoms with Gasteiger partial charge < -0.3 is 9.88 Å². The van der Waals surface area contributed by atoms with Gasteiger partial charge >= 0.3 is 0 Å². The first-order chi connectivity index (χ1) is 16.8. The molecule has 0 spiro atoms. The van der Waals surface area contributed by atoms with Gasteiger partial charge in [0.2, 0.25) is 15.9 Å². The Bertz CT molecular complexity index is 1310. The molecule has 0 bridgehead atoms. The van der Waals surface area contributed by atoms with Crippen molar-refractivity contribution < 1.29 is 13.2 Å². The molecule has 0 unspecified atom stereocenters. The molecule has 3 heterocycles. The van der Waals surface area contributed by atoms with Crippen LogP contribution >= 0.6 is 0 Å². The van der Waals surface area contributed by atoms with Crippen molar-refractivity contribution in [2.45, 2.75) is 57.4 Å². The number of hydrogen-bond donors (Lipinski definition) is 1. The first-order valence-electron chi connectivity index (χ1n) is 12.4. The fourth-order valence-electron chi connectivity index (χ4n) is 5.11. The highest BCUT2D eigenvalue weighted by atomic mass is 32.2. The molecule has 184 valence electrons. The molecule has 8 heteroatoms. The summed E-state index contributed by atoms with van der Waals surface area (Å²) in [6.07, 6.45) is 6.55. The van der Waals surface area contributed by atoms with E-state index in [1.54, 1.807) is 6.07 Å². The lowest BCUT2D eigenvalue weighted by Gasteiger charge is -2.31. The highest BCUT2D eigenvalue weighted by Gasteiger charge is 2.32. The number of imidazole rings is 1. The average Bonchev–Trinajstić information content (AvgIpc) is 3.29. The predicted molar refractivity (Wildman–Crippen MR) is 137 cm³/mol. The van der Waals surface area contributed by atoms with E-state index in [0.29, 0.717) is 30.8 Å². The van der Waals surface area contributed by atoms with E-state index in [1.807, 2.05) is 50.2 Å². The van der Waals surface area contributed by atoms with E-state index in [-0.39, 0.29) is 11.8 Å². The molecule has 0 radical (unpaired) electrons. The van der Waals surface area contributed by atoms with E-state index >= 15 is 0 Å². The van der Waals surface area contributed by atoms with Crippen LogP contribution in [0.1, 0.15) is 42.6 Å². The van der Waals surface area contributed by atoms with Gasteiger partial charge in [0.25, 0.3) is 0 Å². The van der Waals surface area contributed by atoms with Crippen molar-refractivity contribution in [3.63, 3.8) is 0 Å². The first kappa shape index (κ1) is 23.8. The zero-order valence-electron chi connectivity index (χ0n) is 20.3. The van der Waals surface area contributed by atoms with Gasteiger partial charge in [0.1, 0.15) is 5.82 Å². The number of anilines is 1. The molecular formula is C27H32N4O3S. The van der Waals surface area contributed by atoms with E-state index in [0.717, 1.165) is 46.9 Å². The SMILES string of the molecule is Cc1ccc(S(=O)(=O)N2CCC(C(=O)Nc3ccc(-c4cn5c(n4)CCCC5)cc3)CC2)c(C)c1. The summed E-state index contributed by atoms with van der Waals surface area (Å²) in [5, 5.41) is 3.01. The molecule has 0 atom stereocenters. The largest absolute Gasteiger partial charge is 0.334 e. The number of rotatable bonds is 5. The second-order valence-corrected chi connectivity index (χ2v) is 11.6. The van der Waals surface area contributed by atoms with E-state index in [1.165, 1.54) is 17.1 Å². The molecule has 2 aliphatic rings. The van der Waals surface area contributed by atoms with Crippen molar-refractivity contribution in [2.75, 3.05) is 18.4 Å². The number of benzene rings is 2. The quantitative estimate of drug-likeness (QED) is 0.567. The Hall–Kier alpha value is -2.97. The Kier molecular flexibility index (Phi) is 6.51. The lowest BCUT2D eigenvalue weighted by molar-refractivity contribution is -0.120. The minimum absolute atomic E-state index is 0.0567. The molecule has 2 aliphatic heterocycles. The number of hydrogen-bond acceptors (Lipinski definition) is 4. The van der Waals surface area contributed by atoms with Gasteiger partial charge in [-0.25, -0.2) is 13.4 Å². The van der Waals surface area contributed by atoms with Crippen LogP contribution < -0.4 is 5.32 Å². The third kappa shape index (κ3) is 4.90. The molecule has 0 saturated carbocycles. The van der Waals surface area contributed by atoms with Crippen LogP contribution in [0.3, 0.4) is 0 Å². The molecule has 1 aromatic heterocycles. The molecule has 3 aromatic rings. The average molecular weight is 493 g/mol. The van der Waals surface area contributed by atoms with E-state index in [2.05, 4.69) is 16.1 Å². The number of amides is 1. The summed E-state index contributed by atoms with van der Waals surface area (Å²) >= 11 is 0. The van der Waals surface area contributed by atoms with Gasteiger partial charge in [-0.05, 0) is 63.3 Å². The second kappa shape index (κ2) is 9.59. The maximum atomic E-state index is 13.1. The number of fused-ring (bicyclic) bond motifs is 1. The van der Waals surface area contributed by atoms with Gasteiger partial charge in [-0.1, -0.05) is 29.8 Å². The first-order valence-corrected chi connectivity index (χ1v) is 13.8. The Balaban J connectivity index is 1.19. The number of aromatic nitrogens is 2. The molecule has 5 rings (SSSR count). The van der Waals surface area contributed by atoms with E-state index in [4.69, 9.17) is 4.98 Å². The third-order valence-electron chi connectivity index (χ3n) is 7.13. The lowest BCUT2D eigenvalue weighted by atomic mass is 9.97. The molecule has 1 saturated heterocycles. The monoisotopic (exact) mass is 492 g/mol. The standard InChI is InChI=1S/C27H32N4O3S/c1-19-6-11-25(20(2)17-19)35(33,34)31-15-12-22(13-16-31)27(32)28-23-9-7-21(8-10-23)24-18-30-14-4-3-5-26(30)29-24/h6-11,17-18,22H,3-5,12-16H2,1-2H3,(H,28,32). The van der Waals surface area contributed by atoms with Gasteiger partial charge in [-0.3, -0.25) is 4.79 Å². The Morgan fingerprint density at radius 3 is 2.43 bits per heavy atom. The smallest absolute Gasteiger partial charge is 0.243 e. The molecular weight excluding hydrogens is 460 g/mol. The maximum absolute atomic E-state index is 13.1. The number of aryl methyl sites for hydroxylation is 4. The van der Waals surface area contributed by atoms with Crippen molar-refractivity contribution in [1.29, 1.82) is 0 Å². The normalized spacial score (nSPS) is 17.2. The van der Waals surface area contributed by atoms with Crippen molar-refractivity contribution in [3.05, 3.63) is 65.6 Å². The van der Waals surface area contributed by atoms with E-state index < -0.39 is 10.0 Å². The minimum atomic E-state index is -3.56. The van der Waals surface area contributed by atoms with Crippen LogP contribution in [0.2, 0.25) is 0 Å². The van der Waals surface area contributed by atoms with Crippen molar-refractivity contribution in [1.82, 2.24) is 13.9 Å². The van der Waals surface area contributed by atoms with Gasteiger partial charge in [0, 0.05) is 49.4 Å². The number of nitrogens with one attached hydrogen (secondary N) is 1. The Morgan fingerprint density at radius 1 is 1.00 bits per heavy atom. The number of carbonyl (C=O) groups excluding carboxylic acids is 1. The van der Waals surface area contributed by atoms with Gasteiger partial charge in [-0.2, -0.15) is 4.31 Å². The summed E-state index contributed by atoms with van der Waals surface area (Å²) in [7, 11) is -3.56. The van der Waals surface area contributed by atoms with Crippen LogP contribution in [0.25, 0.3) is 11.3 Å². The van der Waals surface area contributed by atoms with Crippen LogP contribution in [-0.2, 0) is 27.8 Å². The van der Waals surface area contributed by atoms with Gasteiger partial charge in [0.05, 0.1) is 10.6 Å². The van der Waals surface area contributed by atoms with Gasteiger partial charge in [-0.15, -0.1) is 0 Å². The summed E-state index contributed by atoms with van der Waals surface area (Å²) in [4.78, 5) is 18.0. The highest BCUT2D eigenvalue weighted by molar-refractivity contribution is 7.89. The van der Waals surface area contributed by atoms with E-state index in [9.17, 15) is 13.2 Å². The second-order valence-electron chi connectivity index (χ2n) is 9.71. The summed E-state index contributed by atoms with van der Waals surface area (Å²) < 4.78 is 30.0. The van der Waals surface area contributed by atoms with Crippen molar-refractivity contribution in [2.24, 2.45) is 5.92 Å². The Labute approximate surface area is 207 Å².